The summed E-state index contributed by atoms with van der Waals surface area (Å²) in [4.78, 5) is 4.91. The molecule has 1 saturated heterocycles. The van der Waals surface area contributed by atoms with Crippen LogP contribution < -0.4 is 4.74 Å². The van der Waals surface area contributed by atoms with Gasteiger partial charge in [0.05, 0.1) is 13.3 Å². The minimum atomic E-state index is 0.714. The van der Waals surface area contributed by atoms with Crippen LogP contribution in [-0.4, -0.2) is 59.9 Å². The third-order valence-corrected chi connectivity index (χ3v) is 4.89. The van der Waals surface area contributed by atoms with Gasteiger partial charge in [0.1, 0.15) is 11.4 Å². The molecule has 2 aromatic rings. The van der Waals surface area contributed by atoms with Crippen molar-refractivity contribution in [3.63, 3.8) is 0 Å². The highest BCUT2D eigenvalue weighted by molar-refractivity contribution is 5.46. The van der Waals surface area contributed by atoms with Crippen molar-refractivity contribution in [2.45, 2.75) is 31.8 Å². The molecule has 0 aliphatic carbocycles. The molecule has 1 aliphatic rings. The topological polar surface area (TPSA) is 33.5 Å². The van der Waals surface area contributed by atoms with Gasteiger partial charge in [-0.15, -0.1) is 0 Å². The van der Waals surface area contributed by atoms with E-state index in [0.29, 0.717) is 6.04 Å². The minimum absolute atomic E-state index is 0.714. The molecule has 0 unspecified atom stereocenters. The lowest BCUT2D eigenvalue weighted by molar-refractivity contribution is 0.245. The molecule has 24 heavy (non-hydrogen) atoms. The smallest absolute Gasteiger partial charge is 0.144 e. The summed E-state index contributed by atoms with van der Waals surface area (Å²) in [6, 6.07) is 8.70. The monoisotopic (exact) mass is 328 g/mol. The van der Waals surface area contributed by atoms with E-state index in [9.17, 15) is 0 Å². The van der Waals surface area contributed by atoms with Crippen LogP contribution in [0, 0.1) is 0 Å². The first-order valence-electron chi connectivity index (χ1n) is 8.73. The lowest BCUT2D eigenvalue weighted by atomic mass is 10.1. The molecule has 1 aliphatic heterocycles. The highest BCUT2D eigenvalue weighted by atomic mass is 16.5. The molecule has 2 heterocycles. The largest absolute Gasteiger partial charge is 0.494 e. The minimum Gasteiger partial charge on any atom is -0.494 e. The fraction of sp³-hybridized carbons (Fsp3) is 0.526. The van der Waals surface area contributed by atoms with Crippen LogP contribution in [0.4, 0.5) is 0 Å². The Hall–Kier alpha value is -1.85. The Bertz CT molecular complexity index is 652. The number of hydrogen-bond donors (Lipinski definition) is 0. The predicted octanol–water partition coefficient (Wildman–Crippen LogP) is 2.80. The second-order valence-corrected chi connectivity index (χ2v) is 6.79. The third-order valence-electron chi connectivity index (χ3n) is 4.89. The SMILES string of the molecule is COc1ccccc1-n1cc(CN2CCC[C@@H](N(C)C)CC2)cn1. The van der Waals surface area contributed by atoms with Crippen molar-refractivity contribution in [2.75, 3.05) is 34.3 Å². The second kappa shape index (κ2) is 7.81. The number of nitrogens with zero attached hydrogens (tertiary/aromatic N) is 4. The van der Waals surface area contributed by atoms with Crippen LogP contribution in [0.2, 0.25) is 0 Å². The van der Waals surface area contributed by atoms with Crippen molar-refractivity contribution in [3.8, 4) is 11.4 Å². The van der Waals surface area contributed by atoms with Crippen LogP contribution in [0.25, 0.3) is 5.69 Å². The molecule has 3 rings (SSSR count). The second-order valence-electron chi connectivity index (χ2n) is 6.79. The molecular weight excluding hydrogens is 300 g/mol. The molecule has 0 bridgehead atoms. The van der Waals surface area contributed by atoms with Gasteiger partial charge >= 0.3 is 0 Å². The zero-order valence-corrected chi connectivity index (χ0v) is 15.0. The average Bonchev–Trinajstić information content (AvgIpc) is 2.92. The number of methoxy groups -OCH3 is 1. The Morgan fingerprint density at radius 3 is 2.83 bits per heavy atom. The van der Waals surface area contributed by atoms with Crippen molar-refractivity contribution in [1.82, 2.24) is 19.6 Å². The molecule has 0 saturated carbocycles. The number of hydrogen-bond acceptors (Lipinski definition) is 4. The first-order chi connectivity index (χ1) is 11.7. The molecule has 1 atom stereocenters. The zero-order valence-electron chi connectivity index (χ0n) is 15.0. The molecule has 1 aromatic carbocycles. The molecule has 1 aromatic heterocycles. The van der Waals surface area contributed by atoms with Gasteiger partial charge in [0, 0.05) is 24.3 Å². The van der Waals surface area contributed by atoms with Crippen molar-refractivity contribution in [3.05, 3.63) is 42.2 Å². The summed E-state index contributed by atoms with van der Waals surface area (Å²) in [6.45, 7) is 3.29. The van der Waals surface area contributed by atoms with E-state index in [1.807, 2.05) is 35.1 Å². The van der Waals surface area contributed by atoms with Gasteiger partial charge in [-0.05, 0) is 58.6 Å². The maximum Gasteiger partial charge on any atom is 0.144 e. The quantitative estimate of drug-likeness (QED) is 0.845. The molecule has 5 heteroatoms. The Morgan fingerprint density at radius 1 is 1.21 bits per heavy atom. The molecule has 0 amide bonds. The van der Waals surface area contributed by atoms with E-state index in [0.717, 1.165) is 24.5 Å². The van der Waals surface area contributed by atoms with Gasteiger partial charge < -0.3 is 9.64 Å². The summed E-state index contributed by atoms with van der Waals surface area (Å²) in [5.74, 6) is 0.843. The Morgan fingerprint density at radius 2 is 2.04 bits per heavy atom. The normalized spacial score (nSPS) is 19.4. The summed E-state index contributed by atoms with van der Waals surface area (Å²) < 4.78 is 7.35. The van der Waals surface area contributed by atoms with E-state index < -0.39 is 0 Å². The average molecular weight is 328 g/mol. The molecule has 0 radical (unpaired) electrons. The maximum atomic E-state index is 5.43. The van der Waals surface area contributed by atoms with Gasteiger partial charge in [0.2, 0.25) is 0 Å². The number of para-hydroxylation sites is 2. The molecule has 5 nitrogen and oxygen atoms in total. The lowest BCUT2D eigenvalue weighted by Gasteiger charge is -2.23. The van der Waals surface area contributed by atoms with Gasteiger partial charge in [0.25, 0.3) is 0 Å². The van der Waals surface area contributed by atoms with E-state index in [-0.39, 0.29) is 0 Å². The Labute approximate surface area is 144 Å². The summed E-state index contributed by atoms with van der Waals surface area (Å²) in [7, 11) is 6.08. The van der Waals surface area contributed by atoms with E-state index in [1.165, 1.54) is 31.4 Å². The van der Waals surface area contributed by atoms with Gasteiger partial charge in [-0.1, -0.05) is 12.1 Å². The fourth-order valence-electron chi connectivity index (χ4n) is 3.46. The number of ether oxygens (including phenoxy) is 1. The van der Waals surface area contributed by atoms with E-state index in [2.05, 4.69) is 35.2 Å². The van der Waals surface area contributed by atoms with Crippen LogP contribution in [0.3, 0.4) is 0 Å². The fourth-order valence-corrected chi connectivity index (χ4v) is 3.46. The summed E-state index contributed by atoms with van der Waals surface area (Å²) >= 11 is 0. The van der Waals surface area contributed by atoms with Gasteiger partial charge in [0.15, 0.2) is 0 Å². The van der Waals surface area contributed by atoms with Crippen molar-refractivity contribution < 1.29 is 4.74 Å². The van der Waals surface area contributed by atoms with Crippen LogP contribution in [0.1, 0.15) is 24.8 Å². The lowest BCUT2D eigenvalue weighted by Crippen LogP contribution is -2.29. The predicted molar refractivity (Wildman–Crippen MR) is 96.7 cm³/mol. The van der Waals surface area contributed by atoms with Crippen LogP contribution in [-0.2, 0) is 6.54 Å². The molecule has 130 valence electrons. The number of likely N-dealkylation sites (tertiary alicyclic amines) is 1. The van der Waals surface area contributed by atoms with Crippen LogP contribution in [0.15, 0.2) is 36.7 Å². The van der Waals surface area contributed by atoms with Crippen molar-refractivity contribution in [1.29, 1.82) is 0 Å². The highest BCUT2D eigenvalue weighted by Gasteiger charge is 2.19. The zero-order chi connectivity index (χ0) is 16.9. The Balaban J connectivity index is 1.66. The first-order valence-corrected chi connectivity index (χ1v) is 8.73. The maximum absolute atomic E-state index is 5.43. The van der Waals surface area contributed by atoms with Crippen LogP contribution in [0.5, 0.6) is 5.75 Å². The summed E-state index contributed by atoms with van der Waals surface area (Å²) in [5.41, 5.74) is 2.24. The molecule has 0 N–H and O–H groups in total. The standard InChI is InChI=1S/C19H28N4O/c1-21(2)17-7-6-11-22(12-10-17)14-16-13-20-23(15-16)18-8-4-5-9-19(18)24-3/h4-5,8-9,13,15,17H,6-7,10-12,14H2,1-3H3/t17-/m1/s1. The van der Waals surface area contributed by atoms with Crippen molar-refractivity contribution in [2.24, 2.45) is 0 Å². The molecular formula is C19H28N4O. The highest BCUT2D eigenvalue weighted by Crippen LogP contribution is 2.22. The van der Waals surface area contributed by atoms with E-state index in [1.54, 1.807) is 7.11 Å². The Kier molecular flexibility index (Phi) is 5.53. The van der Waals surface area contributed by atoms with Gasteiger partial charge in [-0.25, -0.2) is 4.68 Å². The summed E-state index contributed by atoms with van der Waals surface area (Å²) in [5, 5.41) is 4.53. The molecule has 0 spiro atoms. The summed E-state index contributed by atoms with van der Waals surface area (Å²) in [6.07, 6.45) is 7.90. The third kappa shape index (κ3) is 3.97. The van der Waals surface area contributed by atoms with Gasteiger partial charge in [-0.3, -0.25) is 4.90 Å². The first kappa shape index (κ1) is 17.0. The number of aromatic nitrogens is 2. The number of benzene rings is 1. The van der Waals surface area contributed by atoms with Gasteiger partial charge in [-0.2, -0.15) is 5.10 Å². The van der Waals surface area contributed by atoms with Crippen molar-refractivity contribution >= 4 is 0 Å². The van der Waals surface area contributed by atoms with Crippen LogP contribution >= 0.6 is 0 Å². The van der Waals surface area contributed by atoms with E-state index >= 15 is 0 Å². The number of rotatable bonds is 5. The molecule has 1 fully saturated rings. The van der Waals surface area contributed by atoms with E-state index in [4.69, 9.17) is 4.74 Å².